The molecule has 0 radical (unpaired) electrons. The van der Waals surface area contributed by atoms with Gasteiger partial charge in [0.25, 0.3) is 10.0 Å². The molecule has 0 aliphatic rings. The van der Waals surface area contributed by atoms with Crippen molar-refractivity contribution in [3.05, 3.63) is 47.8 Å². The van der Waals surface area contributed by atoms with Gasteiger partial charge in [-0.25, -0.2) is 8.42 Å². The molecule has 2 aromatic rings. The maximum atomic E-state index is 12.0. The highest BCUT2D eigenvalue weighted by Crippen LogP contribution is 2.17. The minimum atomic E-state index is -3.61. The van der Waals surface area contributed by atoms with Crippen molar-refractivity contribution < 1.29 is 13.5 Å². The van der Waals surface area contributed by atoms with Gasteiger partial charge in [-0.05, 0) is 30.7 Å². The Morgan fingerprint density at radius 3 is 2.72 bits per heavy atom. The van der Waals surface area contributed by atoms with Gasteiger partial charge in [0.15, 0.2) is 0 Å². The molecular formula is C12H14N2O3S. The monoisotopic (exact) mass is 266 g/mol. The van der Waals surface area contributed by atoms with E-state index in [4.69, 9.17) is 5.11 Å². The SMILES string of the molecule is Cc1cccc(NS(=O)(=O)c2c[nH]c(CO)c2)c1. The van der Waals surface area contributed by atoms with E-state index in [-0.39, 0.29) is 11.5 Å². The molecule has 1 aromatic carbocycles. The molecule has 0 saturated carbocycles. The number of aromatic nitrogens is 1. The van der Waals surface area contributed by atoms with Gasteiger partial charge in [-0.15, -0.1) is 0 Å². The summed E-state index contributed by atoms with van der Waals surface area (Å²) in [4.78, 5) is 2.79. The van der Waals surface area contributed by atoms with Crippen LogP contribution in [0.15, 0.2) is 41.4 Å². The van der Waals surface area contributed by atoms with Crippen molar-refractivity contribution in [2.75, 3.05) is 4.72 Å². The van der Waals surface area contributed by atoms with Crippen molar-refractivity contribution in [3.63, 3.8) is 0 Å². The number of aryl methyl sites for hydroxylation is 1. The molecule has 1 aromatic heterocycles. The third-order valence-electron chi connectivity index (χ3n) is 2.47. The van der Waals surface area contributed by atoms with Crippen molar-refractivity contribution >= 4 is 15.7 Å². The number of aliphatic hydroxyl groups is 1. The van der Waals surface area contributed by atoms with Gasteiger partial charge in [0, 0.05) is 17.6 Å². The molecular weight excluding hydrogens is 252 g/mol. The summed E-state index contributed by atoms with van der Waals surface area (Å²) in [6.07, 6.45) is 1.35. The van der Waals surface area contributed by atoms with E-state index in [1.807, 2.05) is 13.0 Å². The molecule has 0 atom stereocenters. The summed E-state index contributed by atoms with van der Waals surface area (Å²) in [6.45, 7) is 1.66. The third kappa shape index (κ3) is 2.72. The van der Waals surface area contributed by atoms with E-state index in [0.29, 0.717) is 11.4 Å². The fourth-order valence-electron chi connectivity index (χ4n) is 1.59. The molecule has 0 aliphatic carbocycles. The lowest BCUT2D eigenvalue weighted by Gasteiger charge is -2.06. The summed E-state index contributed by atoms with van der Waals surface area (Å²) in [5, 5.41) is 8.90. The van der Waals surface area contributed by atoms with Gasteiger partial charge >= 0.3 is 0 Å². The molecule has 0 saturated heterocycles. The van der Waals surface area contributed by atoms with E-state index >= 15 is 0 Å². The standard InChI is InChI=1S/C12H14N2O3S/c1-9-3-2-4-10(5-9)14-18(16,17)12-6-11(8-15)13-7-12/h2-7,13-15H,8H2,1H3. The smallest absolute Gasteiger partial charge is 0.263 e. The zero-order valence-corrected chi connectivity index (χ0v) is 10.7. The second-order valence-corrected chi connectivity index (χ2v) is 5.68. The first-order valence-electron chi connectivity index (χ1n) is 5.39. The number of rotatable bonds is 4. The van der Waals surface area contributed by atoms with Crippen LogP contribution in [-0.4, -0.2) is 18.5 Å². The molecule has 0 aliphatic heterocycles. The van der Waals surface area contributed by atoms with Gasteiger partial charge in [0.05, 0.1) is 6.61 Å². The van der Waals surface area contributed by atoms with Gasteiger partial charge in [-0.2, -0.15) is 0 Å². The highest BCUT2D eigenvalue weighted by atomic mass is 32.2. The van der Waals surface area contributed by atoms with Gasteiger partial charge in [-0.3, -0.25) is 4.72 Å². The summed E-state index contributed by atoms with van der Waals surface area (Å²) in [5.41, 5.74) is 1.95. The largest absolute Gasteiger partial charge is 0.390 e. The van der Waals surface area contributed by atoms with E-state index in [1.54, 1.807) is 18.2 Å². The van der Waals surface area contributed by atoms with Gasteiger partial charge in [0.1, 0.15) is 4.90 Å². The van der Waals surface area contributed by atoms with Crippen molar-refractivity contribution in [3.8, 4) is 0 Å². The molecule has 6 heteroatoms. The highest BCUT2D eigenvalue weighted by molar-refractivity contribution is 7.92. The number of hydrogen-bond donors (Lipinski definition) is 3. The van der Waals surface area contributed by atoms with Crippen LogP contribution in [0.4, 0.5) is 5.69 Å². The van der Waals surface area contributed by atoms with Crippen LogP contribution in [0.2, 0.25) is 0 Å². The van der Waals surface area contributed by atoms with Crippen molar-refractivity contribution in [2.24, 2.45) is 0 Å². The summed E-state index contributed by atoms with van der Waals surface area (Å²) >= 11 is 0. The van der Waals surface area contributed by atoms with E-state index in [0.717, 1.165) is 5.56 Å². The summed E-state index contributed by atoms with van der Waals surface area (Å²) in [6, 6.07) is 8.50. The Bertz CT molecular complexity index is 647. The lowest BCUT2D eigenvalue weighted by Crippen LogP contribution is -2.12. The Labute approximate surface area is 106 Å². The average molecular weight is 266 g/mol. The van der Waals surface area contributed by atoms with E-state index in [1.165, 1.54) is 12.3 Å². The number of hydrogen-bond acceptors (Lipinski definition) is 3. The molecule has 0 amide bonds. The predicted octanol–water partition coefficient (Wildman–Crippen LogP) is 1.62. The Morgan fingerprint density at radius 2 is 2.11 bits per heavy atom. The number of sulfonamides is 1. The van der Waals surface area contributed by atoms with E-state index in [9.17, 15) is 8.42 Å². The van der Waals surface area contributed by atoms with Crippen molar-refractivity contribution in [1.29, 1.82) is 0 Å². The fraction of sp³-hybridized carbons (Fsp3) is 0.167. The molecule has 3 N–H and O–H groups in total. The molecule has 96 valence electrons. The maximum Gasteiger partial charge on any atom is 0.263 e. The Morgan fingerprint density at radius 1 is 1.33 bits per heavy atom. The van der Waals surface area contributed by atoms with Crippen LogP contribution in [0.25, 0.3) is 0 Å². The normalized spacial score (nSPS) is 11.4. The first-order chi connectivity index (χ1) is 8.51. The highest BCUT2D eigenvalue weighted by Gasteiger charge is 2.15. The van der Waals surface area contributed by atoms with Crippen LogP contribution in [0, 0.1) is 6.92 Å². The molecule has 2 rings (SSSR count). The quantitative estimate of drug-likeness (QED) is 0.786. The Kier molecular flexibility index (Phi) is 3.40. The molecule has 0 bridgehead atoms. The lowest BCUT2D eigenvalue weighted by molar-refractivity contribution is 0.277. The summed E-state index contributed by atoms with van der Waals surface area (Å²) in [5.74, 6) is 0. The molecule has 0 fully saturated rings. The first-order valence-corrected chi connectivity index (χ1v) is 6.87. The average Bonchev–Trinajstić information content (AvgIpc) is 2.77. The van der Waals surface area contributed by atoms with Crippen LogP contribution >= 0.6 is 0 Å². The Balaban J connectivity index is 2.27. The Hall–Kier alpha value is -1.79. The third-order valence-corrected chi connectivity index (χ3v) is 3.83. The van der Waals surface area contributed by atoms with Crippen LogP contribution < -0.4 is 4.72 Å². The number of nitrogens with one attached hydrogen (secondary N) is 2. The molecule has 1 heterocycles. The zero-order chi connectivity index (χ0) is 13.2. The lowest BCUT2D eigenvalue weighted by atomic mass is 10.2. The molecule has 18 heavy (non-hydrogen) atoms. The molecule has 0 spiro atoms. The van der Waals surface area contributed by atoms with Gasteiger partial charge < -0.3 is 10.1 Å². The van der Waals surface area contributed by atoms with Crippen molar-refractivity contribution in [2.45, 2.75) is 18.4 Å². The van der Waals surface area contributed by atoms with Gasteiger partial charge in [-0.1, -0.05) is 12.1 Å². The second kappa shape index (κ2) is 4.83. The first kappa shape index (κ1) is 12.7. The predicted molar refractivity (Wildman–Crippen MR) is 68.7 cm³/mol. The summed E-state index contributed by atoms with van der Waals surface area (Å²) in [7, 11) is -3.61. The summed E-state index contributed by atoms with van der Waals surface area (Å²) < 4.78 is 26.5. The number of aromatic amines is 1. The van der Waals surface area contributed by atoms with Crippen LogP contribution in [0.3, 0.4) is 0 Å². The number of anilines is 1. The van der Waals surface area contributed by atoms with Gasteiger partial charge in [0.2, 0.25) is 0 Å². The number of aliphatic hydroxyl groups excluding tert-OH is 1. The second-order valence-electron chi connectivity index (χ2n) is 3.99. The maximum absolute atomic E-state index is 12.0. The topological polar surface area (TPSA) is 82.2 Å². The van der Waals surface area contributed by atoms with Crippen LogP contribution in [0.1, 0.15) is 11.3 Å². The minimum absolute atomic E-state index is 0.105. The zero-order valence-electron chi connectivity index (χ0n) is 9.84. The number of benzene rings is 1. The molecule has 5 nitrogen and oxygen atoms in total. The minimum Gasteiger partial charge on any atom is -0.390 e. The van der Waals surface area contributed by atoms with Crippen LogP contribution in [-0.2, 0) is 16.6 Å². The number of H-pyrrole nitrogens is 1. The van der Waals surface area contributed by atoms with Crippen molar-refractivity contribution in [1.82, 2.24) is 4.98 Å². The van der Waals surface area contributed by atoms with E-state index < -0.39 is 10.0 Å². The van der Waals surface area contributed by atoms with E-state index in [2.05, 4.69) is 9.71 Å². The molecule has 0 unspecified atom stereocenters. The van der Waals surface area contributed by atoms with Crippen LogP contribution in [0.5, 0.6) is 0 Å². The fourth-order valence-corrected chi connectivity index (χ4v) is 2.65.